The molecule has 2 heterocycles. The van der Waals surface area contributed by atoms with Gasteiger partial charge in [-0.2, -0.15) is 5.10 Å². The molecule has 1 aliphatic rings. The molecular weight excluding hydrogens is 467 g/mol. The Kier molecular flexibility index (Phi) is 9.17. The molecule has 8 heteroatoms. The maximum Gasteiger partial charge on any atom is 0.191 e. The number of nitrogens with one attached hydrogen (secondary N) is 2. The van der Waals surface area contributed by atoms with Crippen molar-refractivity contribution in [3.63, 3.8) is 0 Å². The molecule has 28 heavy (non-hydrogen) atoms. The molecule has 0 atom stereocenters. The fourth-order valence-corrected chi connectivity index (χ4v) is 3.74. The molecule has 154 valence electrons. The molecule has 0 aliphatic heterocycles. The van der Waals surface area contributed by atoms with Gasteiger partial charge in [0.2, 0.25) is 0 Å². The molecule has 0 amide bonds. The summed E-state index contributed by atoms with van der Waals surface area (Å²) in [7, 11) is 3.59. The van der Waals surface area contributed by atoms with Gasteiger partial charge >= 0.3 is 0 Å². The monoisotopic (exact) mass is 498 g/mol. The molecule has 2 N–H and O–H groups in total. The molecule has 0 unspecified atom stereocenters. The van der Waals surface area contributed by atoms with Gasteiger partial charge in [0.15, 0.2) is 11.8 Å². The molecule has 1 aliphatic carbocycles. The lowest BCUT2D eigenvalue weighted by Gasteiger charge is -2.30. The van der Waals surface area contributed by atoms with Crippen molar-refractivity contribution in [2.24, 2.45) is 10.4 Å². The highest BCUT2D eigenvalue weighted by Gasteiger charge is 2.33. The third-order valence-corrected chi connectivity index (χ3v) is 5.36. The zero-order valence-corrected chi connectivity index (χ0v) is 19.1. The molecule has 0 radical (unpaired) electrons. The fourth-order valence-electron chi connectivity index (χ4n) is 3.74. The quantitative estimate of drug-likeness (QED) is 0.332. The number of hydrogen-bond donors (Lipinski definition) is 2. The van der Waals surface area contributed by atoms with Crippen molar-refractivity contribution in [1.29, 1.82) is 0 Å². The topological polar surface area (TPSA) is 76.4 Å². The Bertz CT molecular complexity index is 728. The number of methoxy groups -OCH3 is 1. The summed E-state index contributed by atoms with van der Waals surface area (Å²) in [5.74, 6) is 1.64. The van der Waals surface area contributed by atoms with Gasteiger partial charge in [0.05, 0.1) is 0 Å². The van der Waals surface area contributed by atoms with Crippen LogP contribution in [0.2, 0.25) is 0 Å². The molecule has 3 rings (SSSR count). The van der Waals surface area contributed by atoms with E-state index in [4.69, 9.17) is 4.74 Å². The van der Waals surface area contributed by atoms with E-state index in [1.165, 1.54) is 25.7 Å². The Morgan fingerprint density at radius 1 is 1.29 bits per heavy atom. The Labute approximate surface area is 184 Å². The molecule has 0 aromatic carbocycles. The van der Waals surface area contributed by atoms with Crippen LogP contribution in [0.3, 0.4) is 0 Å². The number of aliphatic imine (C=N–C) groups is 1. The van der Waals surface area contributed by atoms with Crippen LogP contribution in [0.4, 0.5) is 0 Å². The zero-order valence-electron chi connectivity index (χ0n) is 16.7. The SMILES string of the molecule is CN=C(NCc1ccnc(-n2cccn2)c1)NCC1(CCOC)CCCC1.I. The van der Waals surface area contributed by atoms with Gasteiger partial charge in [0, 0.05) is 52.4 Å². The van der Waals surface area contributed by atoms with E-state index < -0.39 is 0 Å². The third kappa shape index (κ3) is 6.16. The minimum Gasteiger partial charge on any atom is -0.385 e. The predicted molar refractivity (Wildman–Crippen MR) is 122 cm³/mol. The minimum atomic E-state index is 0. The van der Waals surface area contributed by atoms with Gasteiger partial charge in [0.1, 0.15) is 0 Å². The smallest absolute Gasteiger partial charge is 0.191 e. The minimum absolute atomic E-state index is 0. The number of ether oxygens (including phenoxy) is 1. The Morgan fingerprint density at radius 2 is 2.11 bits per heavy atom. The first-order chi connectivity index (χ1) is 13.2. The highest BCUT2D eigenvalue weighted by Crippen LogP contribution is 2.40. The zero-order chi connectivity index (χ0) is 19.0. The number of hydrogen-bond acceptors (Lipinski definition) is 4. The van der Waals surface area contributed by atoms with E-state index in [9.17, 15) is 0 Å². The lowest BCUT2D eigenvalue weighted by atomic mass is 9.83. The van der Waals surface area contributed by atoms with Crippen LogP contribution in [-0.4, -0.2) is 48.0 Å². The van der Waals surface area contributed by atoms with Crippen LogP contribution >= 0.6 is 24.0 Å². The van der Waals surface area contributed by atoms with Gasteiger partial charge in [-0.1, -0.05) is 12.8 Å². The van der Waals surface area contributed by atoms with Gasteiger partial charge in [-0.15, -0.1) is 24.0 Å². The van der Waals surface area contributed by atoms with Gasteiger partial charge in [-0.25, -0.2) is 9.67 Å². The van der Waals surface area contributed by atoms with Crippen LogP contribution in [0.15, 0.2) is 41.8 Å². The van der Waals surface area contributed by atoms with Crippen LogP contribution < -0.4 is 10.6 Å². The second kappa shape index (κ2) is 11.4. The first-order valence-corrected chi connectivity index (χ1v) is 9.63. The molecule has 0 saturated heterocycles. The van der Waals surface area contributed by atoms with Gasteiger partial charge in [-0.05, 0) is 48.4 Å². The number of guanidine groups is 1. The summed E-state index contributed by atoms with van der Waals surface area (Å²) in [6.45, 7) is 2.44. The first kappa shape index (κ1) is 22.6. The second-order valence-electron chi connectivity index (χ2n) is 7.20. The second-order valence-corrected chi connectivity index (χ2v) is 7.20. The highest BCUT2D eigenvalue weighted by molar-refractivity contribution is 14.0. The van der Waals surface area contributed by atoms with E-state index in [1.807, 2.05) is 37.6 Å². The van der Waals surface area contributed by atoms with E-state index in [2.05, 4.69) is 25.7 Å². The molecular formula is C20H31IN6O. The van der Waals surface area contributed by atoms with E-state index in [0.717, 1.165) is 36.9 Å². The van der Waals surface area contributed by atoms with E-state index >= 15 is 0 Å². The van der Waals surface area contributed by atoms with Crippen molar-refractivity contribution in [1.82, 2.24) is 25.4 Å². The largest absolute Gasteiger partial charge is 0.385 e. The Morgan fingerprint density at radius 3 is 2.79 bits per heavy atom. The van der Waals surface area contributed by atoms with Gasteiger partial charge < -0.3 is 15.4 Å². The maximum atomic E-state index is 5.32. The van der Waals surface area contributed by atoms with Crippen LogP contribution in [0, 0.1) is 5.41 Å². The lowest BCUT2D eigenvalue weighted by molar-refractivity contribution is 0.138. The summed E-state index contributed by atoms with van der Waals surface area (Å²) < 4.78 is 7.08. The summed E-state index contributed by atoms with van der Waals surface area (Å²) in [5.41, 5.74) is 1.46. The molecule has 1 saturated carbocycles. The van der Waals surface area contributed by atoms with Crippen LogP contribution in [0.25, 0.3) is 5.82 Å². The maximum absolute atomic E-state index is 5.32. The van der Waals surface area contributed by atoms with Crippen LogP contribution in [0.1, 0.15) is 37.7 Å². The summed E-state index contributed by atoms with van der Waals surface area (Å²) in [4.78, 5) is 8.75. The summed E-state index contributed by atoms with van der Waals surface area (Å²) in [6.07, 6.45) is 11.7. The number of rotatable bonds is 8. The molecule has 2 aromatic heterocycles. The fraction of sp³-hybridized carbons (Fsp3) is 0.550. The number of aromatic nitrogens is 3. The van der Waals surface area contributed by atoms with Gasteiger partial charge in [0.25, 0.3) is 0 Å². The highest BCUT2D eigenvalue weighted by atomic mass is 127. The average Bonchev–Trinajstić information content (AvgIpc) is 3.40. The van der Waals surface area contributed by atoms with Crippen molar-refractivity contribution in [2.45, 2.75) is 38.6 Å². The van der Waals surface area contributed by atoms with E-state index in [-0.39, 0.29) is 24.0 Å². The summed E-state index contributed by atoms with van der Waals surface area (Å²) >= 11 is 0. The number of nitrogens with zero attached hydrogens (tertiary/aromatic N) is 4. The van der Waals surface area contributed by atoms with E-state index in [0.29, 0.717) is 12.0 Å². The normalized spacial score (nSPS) is 15.9. The first-order valence-electron chi connectivity index (χ1n) is 9.63. The Hall–Kier alpha value is -1.68. The van der Waals surface area contributed by atoms with Crippen molar-refractivity contribution in [2.75, 3.05) is 27.3 Å². The van der Waals surface area contributed by atoms with Crippen LogP contribution in [0.5, 0.6) is 0 Å². The number of pyridine rings is 1. The molecule has 2 aromatic rings. The van der Waals surface area contributed by atoms with Crippen molar-refractivity contribution >= 4 is 29.9 Å². The average molecular weight is 498 g/mol. The van der Waals surface area contributed by atoms with Crippen molar-refractivity contribution in [3.05, 3.63) is 42.4 Å². The molecule has 7 nitrogen and oxygen atoms in total. The lowest BCUT2D eigenvalue weighted by Crippen LogP contribution is -2.43. The standard InChI is InChI=1S/C20H30N6O.HI/c1-21-19(24-16-20(9-13-27-2)7-3-4-8-20)23-15-17-6-11-22-18(14-17)26-12-5-10-25-26;/h5-6,10-12,14H,3-4,7-9,13,15-16H2,1-2H3,(H2,21,23,24);1H. The third-order valence-electron chi connectivity index (χ3n) is 5.36. The summed E-state index contributed by atoms with van der Waals surface area (Å²) in [5, 5.41) is 11.2. The van der Waals surface area contributed by atoms with Crippen molar-refractivity contribution in [3.8, 4) is 5.82 Å². The molecule has 0 spiro atoms. The number of halogens is 1. The van der Waals surface area contributed by atoms with Gasteiger partial charge in [-0.3, -0.25) is 4.99 Å². The molecule has 1 fully saturated rings. The predicted octanol–water partition coefficient (Wildman–Crippen LogP) is 3.15. The summed E-state index contributed by atoms with van der Waals surface area (Å²) in [6, 6.07) is 5.93. The van der Waals surface area contributed by atoms with E-state index in [1.54, 1.807) is 18.0 Å². The molecule has 0 bridgehead atoms. The van der Waals surface area contributed by atoms with Crippen molar-refractivity contribution < 1.29 is 4.74 Å². The van der Waals surface area contributed by atoms with Crippen LogP contribution in [-0.2, 0) is 11.3 Å². The Balaban J connectivity index is 0.00000280.